The Morgan fingerprint density at radius 1 is 1.21 bits per heavy atom. The van der Waals surface area contributed by atoms with Crippen molar-refractivity contribution in [2.24, 2.45) is 11.8 Å². The number of carboxylic acids is 1. The van der Waals surface area contributed by atoms with E-state index in [0.29, 0.717) is 12.8 Å². The number of aliphatic carboxylic acids is 1. The highest BCUT2D eigenvalue weighted by atomic mass is 16.4. The summed E-state index contributed by atoms with van der Waals surface area (Å²) < 4.78 is 0. The van der Waals surface area contributed by atoms with E-state index in [1.54, 1.807) is 0 Å². The highest BCUT2D eigenvalue weighted by Gasteiger charge is 2.35. The number of unbranched alkanes of at least 4 members (excludes halogenated alkanes) is 2. The first-order valence-electron chi connectivity index (χ1n) is 7.59. The van der Waals surface area contributed by atoms with Gasteiger partial charge in [0.1, 0.15) is 0 Å². The van der Waals surface area contributed by atoms with E-state index in [-0.39, 0.29) is 17.9 Å². The third kappa shape index (κ3) is 5.21. The molecule has 1 saturated carbocycles. The Kier molecular flexibility index (Phi) is 6.89. The fraction of sp³-hybridized carbons (Fsp3) is 0.867. The minimum absolute atomic E-state index is 0.0592. The summed E-state index contributed by atoms with van der Waals surface area (Å²) in [5.41, 5.74) is 0. The monoisotopic (exact) mass is 269 g/mol. The molecular weight excluding hydrogens is 242 g/mol. The van der Waals surface area contributed by atoms with Gasteiger partial charge < -0.3 is 10.4 Å². The van der Waals surface area contributed by atoms with Gasteiger partial charge in [-0.1, -0.05) is 39.0 Å². The van der Waals surface area contributed by atoms with E-state index in [1.165, 1.54) is 12.8 Å². The second-order valence-electron chi connectivity index (χ2n) is 5.74. The molecule has 0 heterocycles. The van der Waals surface area contributed by atoms with Crippen LogP contribution < -0.4 is 5.32 Å². The molecule has 1 aliphatic rings. The lowest BCUT2D eigenvalue weighted by Gasteiger charge is -2.28. The molecule has 1 amide bonds. The van der Waals surface area contributed by atoms with Gasteiger partial charge in [-0.05, 0) is 26.2 Å². The van der Waals surface area contributed by atoms with E-state index in [9.17, 15) is 14.7 Å². The summed E-state index contributed by atoms with van der Waals surface area (Å²) in [6.07, 6.45) is 7.68. The molecule has 4 heteroatoms. The highest BCUT2D eigenvalue weighted by molar-refractivity contribution is 5.85. The SMILES string of the molecule is CCCCC[C@H](C)NC(=O)[C@@H]1CCCC[C@@H]1C(=O)O. The van der Waals surface area contributed by atoms with E-state index >= 15 is 0 Å². The summed E-state index contributed by atoms with van der Waals surface area (Å²) >= 11 is 0. The van der Waals surface area contributed by atoms with Gasteiger partial charge in [0.25, 0.3) is 0 Å². The number of amides is 1. The Hall–Kier alpha value is -1.06. The maximum atomic E-state index is 12.2. The molecule has 0 radical (unpaired) electrons. The average Bonchev–Trinajstić information content (AvgIpc) is 2.39. The lowest BCUT2D eigenvalue weighted by Crippen LogP contribution is -2.43. The van der Waals surface area contributed by atoms with Gasteiger partial charge in [-0.3, -0.25) is 9.59 Å². The molecule has 0 bridgehead atoms. The molecule has 110 valence electrons. The normalized spacial score (nSPS) is 24.7. The Morgan fingerprint density at radius 2 is 1.84 bits per heavy atom. The Balaban J connectivity index is 2.43. The maximum Gasteiger partial charge on any atom is 0.307 e. The van der Waals surface area contributed by atoms with Gasteiger partial charge in [-0.15, -0.1) is 0 Å². The average molecular weight is 269 g/mol. The van der Waals surface area contributed by atoms with Gasteiger partial charge >= 0.3 is 5.97 Å². The van der Waals surface area contributed by atoms with Gasteiger partial charge in [0.2, 0.25) is 5.91 Å². The lowest BCUT2D eigenvalue weighted by atomic mass is 9.78. The molecule has 3 atom stereocenters. The Bertz CT molecular complexity index is 304. The van der Waals surface area contributed by atoms with Gasteiger partial charge in [0.05, 0.1) is 11.8 Å². The van der Waals surface area contributed by atoms with Gasteiger partial charge in [-0.2, -0.15) is 0 Å². The first kappa shape index (κ1) is 16.0. The number of carbonyl (C=O) groups excluding carboxylic acids is 1. The van der Waals surface area contributed by atoms with Crippen LogP contribution in [0.3, 0.4) is 0 Å². The summed E-state index contributed by atoms with van der Waals surface area (Å²) in [4.78, 5) is 23.4. The van der Waals surface area contributed by atoms with Crippen molar-refractivity contribution < 1.29 is 14.7 Å². The van der Waals surface area contributed by atoms with Crippen molar-refractivity contribution in [1.82, 2.24) is 5.32 Å². The van der Waals surface area contributed by atoms with Crippen LogP contribution in [0.4, 0.5) is 0 Å². The van der Waals surface area contributed by atoms with E-state index in [0.717, 1.165) is 25.7 Å². The number of carboxylic acid groups (broad SMARTS) is 1. The molecule has 0 unspecified atom stereocenters. The first-order valence-corrected chi connectivity index (χ1v) is 7.59. The van der Waals surface area contributed by atoms with E-state index in [1.807, 2.05) is 6.92 Å². The largest absolute Gasteiger partial charge is 0.481 e. The predicted molar refractivity (Wildman–Crippen MR) is 74.8 cm³/mol. The maximum absolute atomic E-state index is 12.2. The molecule has 0 spiro atoms. The first-order chi connectivity index (χ1) is 9.06. The summed E-state index contributed by atoms with van der Waals surface area (Å²) in [5, 5.41) is 12.2. The lowest BCUT2D eigenvalue weighted by molar-refractivity contribution is -0.149. The van der Waals surface area contributed by atoms with Crippen molar-refractivity contribution in [3.8, 4) is 0 Å². The molecule has 1 rings (SSSR count). The topological polar surface area (TPSA) is 66.4 Å². The fourth-order valence-electron chi connectivity index (χ4n) is 2.86. The minimum atomic E-state index is -0.821. The zero-order valence-corrected chi connectivity index (χ0v) is 12.2. The van der Waals surface area contributed by atoms with E-state index < -0.39 is 11.9 Å². The predicted octanol–water partition coefficient (Wildman–Crippen LogP) is 2.96. The number of hydrogen-bond acceptors (Lipinski definition) is 2. The van der Waals surface area contributed by atoms with E-state index in [4.69, 9.17) is 0 Å². The van der Waals surface area contributed by atoms with Gasteiger partial charge in [0, 0.05) is 6.04 Å². The van der Waals surface area contributed by atoms with Crippen LogP contribution in [0.15, 0.2) is 0 Å². The van der Waals surface area contributed by atoms with Crippen molar-refractivity contribution in [3.63, 3.8) is 0 Å². The van der Waals surface area contributed by atoms with Crippen LogP contribution in [0, 0.1) is 11.8 Å². The minimum Gasteiger partial charge on any atom is -0.481 e. The standard InChI is InChI=1S/C15H27NO3/c1-3-4-5-8-11(2)16-14(17)12-9-6-7-10-13(12)15(18)19/h11-13H,3-10H2,1-2H3,(H,16,17)(H,18,19)/t11-,12+,13-/m0/s1. The van der Waals surface area contributed by atoms with Crippen molar-refractivity contribution in [2.75, 3.05) is 0 Å². The molecule has 1 aliphatic carbocycles. The summed E-state index contributed by atoms with van der Waals surface area (Å²) in [5.74, 6) is -1.70. The molecule has 4 nitrogen and oxygen atoms in total. The zero-order valence-electron chi connectivity index (χ0n) is 12.2. The summed E-state index contributed by atoms with van der Waals surface area (Å²) in [6, 6.07) is 0.149. The number of rotatable bonds is 7. The van der Waals surface area contributed by atoms with Crippen molar-refractivity contribution >= 4 is 11.9 Å². The summed E-state index contributed by atoms with van der Waals surface area (Å²) in [6.45, 7) is 4.16. The second-order valence-corrected chi connectivity index (χ2v) is 5.74. The highest BCUT2D eigenvalue weighted by Crippen LogP contribution is 2.30. The third-order valence-corrected chi connectivity index (χ3v) is 4.05. The number of hydrogen-bond donors (Lipinski definition) is 2. The van der Waals surface area contributed by atoms with Gasteiger partial charge in [0.15, 0.2) is 0 Å². The van der Waals surface area contributed by atoms with Crippen LogP contribution >= 0.6 is 0 Å². The van der Waals surface area contributed by atoms with Crippen LogP contribution in [0.25, 0.3) is 0 Å². The second kappa shape index (κ2) is 8.18. The molecule has 1 fully saturated rings. The Morgan fingerprint density at radius 3 is 2.42 bits per heavy atom. The smallest absolute Gasteiger partial charge is 0.307 e. The van der Waals surface area contributed by atoms with Crippen molar-refractivity contribution in [1.29, 1.82) is 0 Å². The fourth-order valence-corrected chi connectivity index (χ4v) is 2.86. The van der Waals surface area contributed by atoms with Crippen LogP contribution in [-0.2, 0) is 9.59 Å². The molecule has 2 N–H and O–H groups in total. The molecule has 0 aliphatic heterocycles. The molecule has 0 aromatic rings. The van der Waals surface area contributed by atoms with Crippen LogP contribution in [0.5, 0.6) is 0 Å². The molecular formula is C15H27NO3. The molecule has 0 aromatic carbocycles. The Labute approximate surface area is 116 Å². The summed E-state index contributed by atoms with van der Waals surface area (Å²) in [7, 11) is 0. The van der Waals surface area contributed by atoms with Crippen LogP contribution in [-0.4, -0.2) is 23.0 Å². The van der Waals surface area contributed by atoms with Crippen molar-refractivity contribution in [3.05, 3.63) is 0 Å². The number of carbonyl (C=O) groups is 2. The quantitative estimate of drug-likeness (QED) is 0.698. The molecule has 0 saturated heterocycles. The van der Waals surface area contributed by atoms with Crippen LogP contribution in [0.1, 0.15) is 65.2 Å². The third-order valence-electron chi connectivity index (χ3n) is 4.05. The van der Waals surface area contributed by atoms with Crippen LogP contribution in [0.2, 0.25) is 0 Å². The molecule has 19 heavy (non-hydrogen) atoms. The van der Waals surface area contributed by atoms with Crippen molar-refractivity contribution in [2.45, 2.75) is 71.3 Å². The van der Waals surface area contributed by atoms with Gasteiger partial charge in [-0.25, -0.2) is 0 Å². The number of nitrogens with one attached hydrogen (secondary N) is 1. The zero-order chi connectivity index (χ0) is 14.3. The molecule has 0 aromatic heterocycles. The van der Waals surface area contributed by atoms with E-state index in [2.05, 4.69) is 12.2 Å².